The molecule has 19 heavy (non-hydrogen) atoms. The largest absolute Gasteiger partial charge is 0.310 e. The lowest BCUT2D eigenvalue weighted by Crippen LogP contribution is -2.15. The molecule has 0 aliphatic rings. The Morgan fingerprint density at radius 3 is 2.63 bits per heavy atom. The number of hydrogen-bond donors (Lipinski definition) is 1. The van der Waals surface area contributed by atoms with Crippen LogP contribution in [0.2, 0.25) is 0 Å². The second kappa shape index (κ2) is 5.89. The smallest absolute Gasteiger partial charge is 0.143 e. The van der Waals surface area contributed by atoms with E-state index in [-0.39, 0.29) is 5.82 Å². The van der Waals surface area contributed by atoms with Crippen molar-refractivity contribution in [1.82, 2.24) is 15.3 Å². The van der Waals surface area contributed by atoms with Crippen LogP contribution in [0.15, 0.2) is 24.3 Å². The fourth-order valence-corrected chi connectivity index (χ4v) is 1.90. The molecular formula is C15H18FN3. The normalized spacial score (nSPS) is 10.7. The summed E-state index contributed by atoms with van der Waals surface area (Å²) in [5.41, 5.74) is 3.30. The van der Waals surface area contributed by atoms with Gasteiger partial charge in [0.05, 0.1) is 12.2 Å². The van der Waals surface area contributed by atoms with Crippen LogP contribution >= 0.6 is 0 Å². The van der Waals surface area contributed by atoms with Crippen LogP contribution in [-0.2, 0) is 6.54 Å². The summed E-state index contributed by atoms with van der Waals surface area (Å²) in [4.78, 5) is 8.91. The summed E-state index contributed by atoms with van der Waals surface area (Å²) in [6.07, 6.45) is 0. The summed E-state index contributed by atoms with van der Waals surface area (Å²) >= 11 is 0. The van der Waals surface area contributed by atoms with Gasteiger partial charge in [0.25, 0.3) is 0 Å². The Labute approximate surface area is 112 Å². The first-order chi connectivity index (χ1) is 9.10. The highest BCUT2D eigenvalue weighted by Gasteiger charge is 2.06. The Morgan fingerprint density at radius 1 is 1.16 bits per heavy atom. The average molecular weight is 259 g/mol. The molecule has 3 nitrogen and oxygen atoms in total. The average Bonchev–Trinajstić information content (AvgIpc) is 2.39. The van der Waals surface area contributed by atoms with Crippen LogP contribution < -0.4 is 5.32 Å². The first kappa shape index (κ1) is 13.6. The summed E-state index contributed by atoms with van der Waals surface area (Å²) in [6.45, 7) is 7.26. The summed E-state index contributed by atoms with van der Waals surface area (Å²) in [6, 6.07) is 6.96. The lowest BCUT2D eigenvalue weighted by Gasteiger charge is -2.07. The fourth-order valence-electron chi connectivity index (χ4n) is 1.90. The van der Waals surface area contributed by atoms with Gasteiger partial charge >= 0.3 is 0 Å². The van der Waals surface area contributed by atoms with Gasteiger partial charge in [-0.3, -0.25) is 0 Å². The molecule has 1 heterocycles. The van der Waals surface area contributed by atoms with Gasteiger partial charge in [-0.15, -0.1) is 0 Å². The second-order valence-corrected chi connectivity index (χ2v) is 4.56. The van der Waals surface area contributed by atoms with E-state index in [0.717, 1.165) is 29.3 Å². The third-order valence-electron chi connectivity index (χ3n) is 2.89. The third-order valence-corrected chi connectivity index (χ3v) is 2.89. The molecule has 0 aliphatic heterocycles. The number of benzene rings is 1. The van der Waals surface area contributed by atoms with Crippen molar-refractivity contribution in [3.63, 3.8) is 0 Å². The molecule has 0 saturated carbocycles. The van der Waals surface area contributed by atoms with Gasteiger partial charge in [-0.25, -0.2) is 14.4 Å². The number of nitrogens with one attached hydrogen (secondary N) is 1. The zero-order chi connectivity index (χ0) is 13.8. The summed E-state index contributed by atoms with van der Waals surface area (Å²) in [5.74, 6) is 0.571. The molecule has 0 spiro atoms. The van der Waals surface area contributed by atoms with Crippen molar-refractivity contribution >= 4 is 0 Å². The van der Waals surface area contributed by atoms with Crippen molar-refractivity contribution in [3.05, 3.63) is 47.2 Å². The first-order valence-electron chi connectivity index (χ1n) is 6.42. The molecule has 2 aromatic rings. The molecule has 2 rings (SSSR count). The van der Waals surface area contributed by atoms with Crippen LogP contribution in [-0.4, -0.2) is 16.5 Å². The lowest BCUT2D eigenvalue weighted by molar-refractivity contribution is 0.618. The predicted molar refractivity (Wildman–Crippen MR) is 74.3 cm³/mol. The van der Waals surface area contributed by atoms with Gasteiger partial charge < -0.3 is 5.32 Å². The number of aromatic nitrogens is 2. The Morgan fingerprint density at radius 2 is 1.95 bits per heavy atom. The molecule has 4 heteroatoms. The molecule has 1 aromatic heterocycles. The maximum atomic E-state index is 13.3. The Balaban J connectivity index is 2.37. The highest BCUT2D eigenvalue weighted by atomic mass is 19.1. The van der Waals surface area contributed by atoms with Gasteiger partial charge in [-0.05, 0) is 50.2 Å². The van der Waals surface area contributed by atoms with E-state index in [1.807, 2.05) is 26.0 Å². The van der Waals surface area contributed by atoms with E-state index in [2.05, 4.69) is 15.3 Å². The monoisotopic (exact) mass is 259 g/mol. The third kappa shape index (κ3) is 3.35. The van der Waals surface area contributed by atoms with Gasteiger partial charge in [0, 0.05) is 11.3 Å². The molecule has 0 radical (unpaired) electrons. The number of nitrogens with zero attached hydrogens (tertiary/aromatic N) is 2. The molecule has 0 saturated heterocycles. The van der Waals surface area contributed by atoms with Crippen molar-refractivity contribution in [2.45, 2.75) is 27.3 Å². The van der Waals surface area contributed by atoms with E-state index < -0.39 is 0 Å². The minimum atomic E-state index is -0.192. The van der Waals surface area contributed by atoms with Gasteiger partial charge in [0.2, 0.25) is 0 Å². The van der Waals surface area contributed by atoms with E-state index in [0.29, 0.717) is 12.1 Å². The zero-order valence-corrected chi connectivity index (χ0v) is 11.5. The van der Waals surface area contributed by atoms with Gasteiger partial charge in [0.15, 0.2) is 0 Å². The number of aryl methyl sites for hydroxylation is 2. The Bertz CT molecular complexity index is 582. The van der Waals surface area contributed by atoms with Gasteiger partial charge in [0.1, 0.15) is 11.6 Å². The van der Waals surface area contributed by atoms with E-state index in [4.69, 9.17) is 0 Å². The molecule has 1 aromatic carbocycles. The van der Waals surface area contributed by atoms with Gasteiger partial charge in [-0.2, -0.15) is 0 Å². The second-order valence-electron chi connectivity index (χ2n) is 4.56. The van der Waals surface area contributed by atoms with E-state index in [9.17, 15) is 4.39 Å². The molecule has 0 bridgehead atoms. The molecule has 0 amide bonds. The maximum Gasteiger partial charge on any atom is 0.143 e. The highest BCUT2D eigenvalue weighted by Crippen LogP contribution is 2.20. The Hall–Kier alpha value is -1.81. The maximum absolute atomic E-state index is 13.3. The molecular weight excluding hydrogens is 241 g/mol. The Kier molecular flexibility index (Phi) is 4.22. The highest BCUT2D eigenvalue weighted by molar-refractivity contribution is 5.60. The lowest BCUT2D eigenvalue weighted by atomic mass is 10.1. The van der Waals surface area contributed by atoms with Crippen LogP contribution in [0.25, 0.3) is 11.3 Å². The molecule has 0 aliphatic carbocycles. The van der Waals surface area contributed by atoms with Crippen molar-refractivity contribution < 1.29 is 4.39 Å². The van der Waals surface area contributed by atoms with Crippen LogP contribution in [0, 0.1) is 19.7 Å². The standard InChI is InChI=1S/C15H18FN3/c1-4-17-9-15-18-11(3)8-14(19-15)12-5-6-13(16)10(2)7-12/h5-8,17H,4,9H2,1-3H3. The predicted octanol–water partition coefficient (Wildman–Crippen LogP) is 3.01. The van der Waals surface area contributed by atoms with Crippen molar-refractivity contribution in [2.75, 3.05) is 6.54 Å². The quantitative estimate of drug-likeness (QED) is 0.917. The van der Waals surface area contributed by atoms with Crippen LogP contribution in [0.1, 0.15) is 24.0 Å². The van der Waals surface area contributed by atoms with Crippen LogP contribution in [0.3, 0.4) is 0 Å². The molecule has 0 fully saturated rings. The van der Waals surface area contributed by atoms with Crippen molar-refractivity contribution in [2.24, 2.45) is 0 Å². The molecule has 0 unspecified atom stereocenters. The topological polar surface area (TPSA) is 37.8 Å². The minimum Gasteiger partial charge on any atom is -0.310 e. The summed E-state index contributed by atoms with van der Waals surface area (Å²) in [7, 11) is 0. The van der Waals surface area contributed by atoms with E-state index in [1.54, 1.807) is 13.0 Å². The molecule has 100 valence electrons. The number of rotatable bonds is 4. The van der Waals surface area contributed by atoms with E-state index >= 15 is 0 Å². The SMILES string of the molecule is CCNCc1nc(C)cc(-c2ccc(F)c(C)c2)n1. The van der Waals surface area contributed by atoms with Crippen LogP contribution in [0.4, 0.5) is 4.39 Å². The summed E-state index contributed by atoms with van der Waals surface area (Å²) in [5, 5.41) is 3.21. The number of halogens is 1. The summed E-state index contributed by atoms with van der Waals surface area (Å²) < 4.78 is 13.3. The van der Waals surface area contributed by atoms with E-state index in [1.165, 1.54) is 6.07 Å². The van der Waals surface area contributed by atoms with Crippen molar-refractivity contribution in [1.29, 1.82) is 0 Å². The molecule has 0 atom stereocenters. The van der Waals surface area contributed by atoms with Gasteiger partial charge in [-0.1, -0.05) is 6.92 Å². The zero-order valence-electron chi connectivity index (χ0n) is 11.5. The minimum absolute atomic E-state index is 0.192. The fraction of sp³-hybridized carbons (Fsp3) is 0.333. The van der Waals surface area contributed by atoms with Crippen LogP contribution in [0.5, 0.6) is 0 Å². The van der Waals surface area contributed by atoms with Crippen molar-refractivity contribution in [3.8, 4) is 11.3 Å². The first-order valence-corrected chi connectivity index (χ1v) is 6.42. The number of hydrogen-bond acceptors (Lipinski definition) is 3. The molecule has 1 N–H and O–H groups in total.